The summed E-state index contributed by atoms with van der Waals surface area (Å²) in [6, 6.07) is 12.3. The van der Waals surface area contributed by atoms with Crippen LogP contribution in [0.4, 0.5) is 31.5 Å². The number of rotatable bonds is 10. The second-order valence-electron chi connectivity index (χ2n) is 8.06. The molecule has 0 unspecified atom stereocenters. The van der Waals surface area contributed by atoms with Crippen molar-refractivity contribution < 1.29 is 30.4 Å². The maximum absolute atomic E-state index is 14.6. The summed E-state index contributed by atoms with van der Waals surface area (Å²) in [5, 5.41) is 2.16. The number of hydrogen-bond acceptors (Lipinski definition) is 6. The molecule has 3 aromatic carbocycles. The Hall–Kier alpha value is -2.65. The van der Waals surface area contributed by atoms with Gasteiger partial charge in [0.05, 0.1) is 28.1 Å². The molecule has 36 heavy (non-hydrogen) atoms. The van der Waals surface area contributed by atoms with Crippen molar-refractivity contribution in [3.8, 4) is 11.5 Å². The molecule has 8 nitrogen and oxygen atoms in total. The lowest BCUT2D eigenvalue weighted by Crippen LogP contribution is -2.19. The highest BCUT2D eigenvalue weighted by atomic mass is 127. The Morgan fingerprint density at radius 1 is 0.972 bits per heavy atom. The second kappa shape index (κ2) is 10.4. The number of hydrogen-bond donors (Lipinski definition) is 3. The van der Waals surface area contributed by atoms with Gasteiger partial charge in [-0.1, -0.05) is 6.07 Å². The number of sulfonamides is 2. The molecule has 0 atom stereocenters. The van der Waals surface area contributed by atoms with E-state index in [9.17, 15) is 25.6 Å². The molecule has 0 spiro atoms. The maximum atomic E-state index is 14.6. The Balaban J connectivity index is 1.75. The zero-order chi connectivity index (χ0) is 26.1. The minimum Gasteiger partial charge on any atom is -0.455 e. The van der Waals surface area contributed by atoms with Gasteiger partial charge < -0.3 is 10.1 Å². The largest absolute Gasteiger partial charge is 0.455 e. The van der Waals surface area contributed by atoms with E-state index in [-0.39, 0.29) is 40.0 Å². The summed E-state index contributed by atoms with van der Waals surface area (Å²) in [5.74, 6) is -1.59. The molecule has 3 aromatic rings. The van der Waals surface area contributed by atoms with Gasteiger partial charge in [-0.05, 0) is 78.8 Å². The number of anilines is 4. The van der Waals surface area contributed by atoms with E-state index < -0.39 is 36.9 Å². The van der Waals surface area contributed by atoms with Crippen molar-refractivity contribution in [1.82, 2.24) is 0 Å². The molecule has 0 aromatic heterocycles. The Labute approximate surface area is 221 Å². The summed E-state index contributed by atoms with van der Waals surface area (Å²) < 4.78 is 89.8. The lowest BCUT2D eigenvalue weighted by molar-refractivity contribution is 0.479. The molecule has 0 aliphatic heterocycles. The van der Waals surface area contributed by atoms with Crippen LogP contribution in [0.2, 0.25) is 0 Å². The molecular formula is C23H22F2IN3O5S2. The van der Waals surface area contributed by atoms with E-state index >= 15 is 0 Å². The van der Waals surface area contributed by atoms with E-state index in [1.54, 1.807) is 6.07 Å². The van der Waals surface area contributed by atoms with Crippen molar-refractivity contribution >= 4 is 65.4 Å². The van der Waals surface area contributed by atoms with E-state index in [2.05, 4.69) is 14.8 Å². The molecular weight excluding hydrogens is 627 g/mol. The predicted molar refractivity (Wildman–Crippen MR) is 144 cm³/mol. The van der Waals surface area contributed by atoms with E-state index in [0.717, 1.165) is 12.1 Å². The van der Waals surface area contributed by atoms with Gasteiger partial charge in [0.25, 0.3) is 0 Å². The number of benzene rings is 3. The Morgan fingerprint density at radius 3 is 2.39 bits per heavy atom. The van der Waals surface area contributed by atoms with Gasteiger partial charge in [0.2, 0.25) is 20.0 Å². The SMILES string of the molecule is CCS(=O)(=O)Nc1cccc(Oc2cc(F)cc(Nc3ccc(I)cc3F)c2NS(=O)(=O)C2CC2)c1. The summed E-state index contributed by atoms with van der Waals surface area (Å²) in [4.78, 5) is 0. The Bertz CT molecular complexity index is 1510. The van der Waals surface area contributed by atoms with Crippen molar-refractivity contribution in [2.75, 3.05) is 20.5 Å². The van der Waals surface area contributed by atoms with Crippen molar-refractivity contribution in [3.63, 3.8) is 0 Å². The number of nitrogens with one attached hydrogen (secondary N) is 3. The fourth-order valence-corrected chi connectivity index (χ4v) is 5.71. The average molecular weight is 649 g/mol. The molecule has 1 fully saturated rings. The van der Waals surface area contributed by atoms with Gasteiger partial charge in [-0.3, -0.25) is 9.44 Å². The van der Waals surface area contributed by atoms with Gasteiger partial charge in [-0.2, -0.15) is 0 Å². The molecule has 3 N–H and O–H groups in total. The normalized spacial score (nSPS) is 13.8. The van der Waals surface area contributed by atoms with Gasteiger partial charge >= 0.3 is 0 Å². The standard InChI is InChI=1S/C23H22F2IN3O5S2/c1-2-35(30,31)28-16-4-3-5-17(13-16)34-22-11-14(24)10-21(23(22)29-36(32,33)18-7-8-18)27-20-9-6-15(26)12-19(20)25/h3-6,9-13,18,27-29H,2,7-8H2,1H3. The van der Waals surface area contributed by atoms with Crippen LogP contribution >= 0.6 is 22.6 Å². The zero-order valence-electron chi connectivity index (χ0n) is 18.9. The van der Waals surface area contributed by atoms with Crippen molar-refractivity contribution in [2.24, 2.45) is 0 Å². The minimum absolute atomic E-state index is 0.00908. The molecule has 1 aliphatic carbocycles. The van der Waals surface area contributed by atoms with E-state index in [0.29, 0.717) is 16.4 Å². The molecule has 1 aliphatic rings. The van der Waals surface area contributed by atoms with Crippen LogP contribution in [0.25, 0.3) is 0 Å². The van der Waals surface area contributed by atoms with E-state index in [1.165, 1.54) is 43.3 Å². The van der Waals surface area contributed by atoms with Gasteiger partial charge in [0, 0.05) is 15.7 Å². The third-order valence-corrected chi connectivity index (χ3v) is 9.01. The third-order valence-electron chi connectivity index (χ3n) is 5.19. The molecule has 0 radical (unpaired) electrons. The fraction of sp³-hybridized carbons (Fsp3) is 0.217. The predicted octanol–water partition coefficient (Wildman–Crippen LogP) is 5.77. The third kappa shape index (κ3) is 6.56. The van der Waals surface area contributed by atoms with Gasteiger partial charge in [-0.15, -0.1) is 0 Å². The highest BCUT2D eigenvalue weighted by molar-refractivity contribution is 14.1. The first kappa shape index (κ1) is 26.4. The lowest BCUT2D eigenvalue weighted by atomic mass is 10.2. The van der Waals surface area contributed by atoms with Crippen LogP contribution in [0.1, 0.15) is 19.8 Å². The number of halogens is 3. The van der Waals surface area contributed by atoms with Gasteiger partial charge in [0.1, 0.15) is 23.1 Å². The summed E-state index contributed by atoms with van der Waals surface area (Å²) in [6.45, 7) is 1.48. The summed E-state index contributed by atoms with van der Waals surface area (Å²) in [6.07, 6.45) is 0.974. The van der Waals surface area contributed by atoms with Crippen LogP contribution in [-0.4, -0.2) is 27.8 Å². The molecule has 0 bridgehead atoms. The molecule has 0 saturated heterocycles. The van der Waals surface area contributed by atoms with Gasteiger partial charge in [-0.25, -0.2) is 25.6 Å². The van der Waals surface area contributed by atoms with Crippen LogP contribution in [0.15, 0.2) is 54.6 Å². The average Bonchev–Trinajstić information content (AvgIpc) is 3.64. The monoisotopic (exact) mass is 649 g/mol. The van der Waals surface area contributed by atoms with Crippen molar-refractivity contribution in [2.45, 2.75) is 25.0 Å². The first-order valence-electron chi connectivity index (χ1n) is 10.8. The quantitative estimate of drug-likeness (QED) is 0.241. The van der Waals surface area contributed by atoms with Gasteiger partial charge in [0.15, 0.2) is 5.75 Å². The molecule has 0 amide bonds. The first-order chi connectivity index (χ1) is 17.0. The molecule has 4 rings (SSSR count). The minimum atomic E-state index is -3.81. The topological polar surface area (TPSA) is 114 Å². The van der Waals surface area contributed by atoms with Crippen LogP contribution < -0.4 is 19.5 Å². The Kier molecular flexibility index (Phi) is 7.61. The highest BCUT2D eigenvalue weighted by Gasteiger charge is 2.37. The van der Waals surface area contributed by atoms with Crippen LogP contribution in [-0.2, 0) is 20.0 Å². The second-order valence-corrected chi connectivity index (χ2v) is 13.3. The fourth-order valence-electron chi connectivity index (χ4n) is 3.21. The van der Waals surface area contributed by atoms with Crippen LogP contribution in [0, 0.1) is 15.2 Å². The zero-order valence-corrected chi connectivity index (χ0v) is 22.7. The van der Waals surface area contributed by atoms with Crippen molar-refractivity contribution in [3.05, 3.63) is 69.8 Å². The summed E-state index contributed by atoms with van der Waals surface area (Å²) >= 11 is 1.95. The molecule has 192 valence electrons. The van der Waals surface area contributed by atoms with E-state index in [4.69, 9.17) is 4.74 Å². The van der Waals surface area contributed by atoms with E-state index in [1.807, 2.05) is 22.6 Å². The van der Waals surface area contributed by atoms with Crippen LogP contribution in [0.3, 0.4) is 0 Å². The summed E-state index contributed by atoms with van der Waals surface area (Å²) in [7, 11) is -7.37. The smallest absolute Gasteiger partial charge is 0.235 e. The Morgan fingerprint density at radius 2 is 1.72 bits per heavy atom. The first-order valence-corrected chi connectivity index (χ1v) is 15.1. The molecule has 0 heterocycles. The molecule has 1 saturated carbocycles. The lowest BCUT2D eigenvalue weighted by Gasteiger charge is -2.19. The summed E-state index contributed by atoms with van der Waals surface area (Å²) in [5.41, 5.74) is 0.0537. The highest BCUT2D eigenvalue weighted by Crippen LogP contribution is 2.41. The van der Waals surface area contributed by atoms with Crippen LogP contribution in [0.5, 0.6) is 11.5 Å². The number of ether oxygens (including phenoxy) is 1. The maximum Gasteiger partial charge on any atom is 0.235 e. The molecule has 13 heteroatoms. The van der Waals surface area contributed by atoms with Crippen molar-refractivity contribution in [1.29, 1.82) is 0 Å².